The molecule has 1 aromatic carbocycles. The molecule has 8 heteroatoms. The van der Waals surface area contributed by atoms with Crippen LogP contribution in [0.2, 0.25) is 15.1 Å². The predicted octanol–water partition coefficient (Wildman–Crippen LogP) is 2.63. The van der Waals surface area contributed by atoms with Gasteiger partial charge in [-0.05, 0) is 25.1 Å². The van der Waals surface area contributed by atoms with Gasteiger partial charge in [-0.25, -0.2) is 8.42 Å². The van der Waals surface area contributed by atoms with Crippen molar-refractivity contribution in [3.8, 4) is 0 Å². The molecule has 1 unspecified atom stereocenters. The number of hydrogen-bond donors (Lipinski definition) is 1. The highest BCUT2D eigenvalue weighted by Crippen LogP contribution is 2.35. The van der Waals surface area contributed by atoms with Crippen LogP contribution >= 0.6 is 34.8 Å². The fraction of sp³-hybridized carbons (Fsp3) is 0.455. The van der Waals surface area contributed by atoms with Gasteiger partial charge < -0.3 is 5.32 Å². The van der Waals surface area contributed by atoms with Gasteiger partial charge in [-0.2, -0.15) is 4.31 Å². The molecule has 0 spiro atoms. The van der Waals surface area contributed by atoms with Gasteiger partial charge in [0, 0.05) is 24.7 Å². The zero-order valence-electron chi connectivity index (χ0n) is 10.2. The van der Waals surface area contributed by atoms with Crippen molar-refractivity contribution >= 4 is 44.8 Å². The average Bonchev–Trinajstić information content (AvgIpc) is 2.78. The molecule has 106 valence electrons. The van der Waals surface area contributed by atoms with E-state index in [1.807, 2.05) is 0 Å². The molecule has 0 aromatic heterocycles. The van der Waals surface area contributed by atoms with Crippen LogP contribution in [0, 0.1) is 0 Å². The quantitative estimate of drug-likeness (QED) is 0.918. The van der Waals surface area contributed by atoms with E-state index >= 15 is 0 Å². The van der Waals surface area contributed by atoms with Crippen LogP contribution in [0.4, 0.5) is 0 Å². The number of halogens is 3. The van der Waals surface area contributed by atoms with Crippen molar-refractivity contribution in [2.45, 2.75) is 17.4 Å². The molecule has 1 atom stereocenters. The Morgan fingerprint density at radius 1 is 1.26 bits per heavy atom. The first kappa shape index (κ1) is 15.4. The van der Waals surface area contributed by atoms with E-state index in [0.29, 0.717) is 11.6 Å². The van der Waals surface area contributed by atoms with Gasteiger partial charge in [0.15, 0.2) is 0 Å². The molecule has 0 amide bonds. The van der Waals surface area contributed by atoms with Crippen LogP contribution in [0.3, 0.4) is 0 Å². The largest absolute Gasteiger partial charge is 0.315 e. The topological polar surface area (TPSA) is 49.4 Å². The lowest BCUT2D eigenvalue weighted by Crippen LogP contribution is -2.38. The summed E-state index contributed by atoms with van der Waals surface area (Å²) in [5.41, 5.74) is 0. The molecule has 1 aliphatic rings. The Morgan fingerprint density at radius 2 is 1.84 bits per heavy atom. The maximum atomic E-state index is 12.6. The maximum absolute atomic E-state index is 12.6. The zero-order chi connectivity index (χ0) is 14.2. The number of benzene rings is 1. The van der Waals surface area contributed by atoms with Crippen molar-refractivity contribution in [1.82, 2.24) is 9.62 Å². The lowest BCUT2D eigenvalue weighted by molar-refractivity contribution is 0.388. The third-order valence-corrected chi connectivity index (χ3v) is 6.20. The number of sulfonamides is 1. The minimum absolute atomic E-state index is 0.0373. The smallest absolute Gasteiger partial charge is 0.246 e. The van der Waals surface area contributed by atoms with Crippen LogP contribution in [0.15, 0.2) is 17.0 Å². The van der Waals surface area contributed by atoms with E-state index in [4.69, 9.17) is 34.8 Å². The molecule has 4 nitrogen and oxygen atoms in total. The number of likely N-dealkylation sites (N-methyl/N-ethyl adjacent to an activating group) is 1. The molecule has 19 heavy (non-hydrogen) atoms. The molecule has 1 heterocycles. The second-order valence-corrected chi connectivity index (χ2v) is 7.55. The first-order chi connectivity index (χ1) is 8.84. The highest BCUT2D eigenvalue weighted by molar-refractivity contribution is 7.89. The minimum atomic E-state index is -3.73. The standard InChI is InChI=1S/C11H13Cl3N2O2S/c1-16(8-2-3-15-6-8)19(17,18)11-9(13)4-7(12)5-10(11)14/h4-5,8,15H,2-3,6H2,1H3. The fourth-order valence-corrected chi connectivity index (χ4v) is 4.94. The summed E-state index contributed by atoms with van der Waals surface area (Å²) in [4.78, 5) is -0.0883. The van der Waals surface area contributed by atoms with Crippen LogP contribution in [-0.2, 0) is 10.0 Å². The first-order valence-electron chi connectivity index (χ1n) is 5.67. The van der Waals surface area contributed by atoms with Gasteiger partial charge in [-0.15, -0.1) is 0 Å². The third-order valence-electron chi connectivity index (χ3n) is 3.15. The van der Waals surface area contributed by atoms with Crippen molar-refractivity contribution < 1.29 is 8.42 Å². The molecule has 1 aromatic rings. The van der Waals surface area contributed by atoms with E-state index in [1.54, 1.807) is 0 Å². The summed E-state index contributed by atoms with van der Waals surface area (Å²) in [5.74, 6) is 0. The minimum Gasteiger partial charge on any atom is -0.315 e. The van der Waals surface area contributed by atoms with Gasteiger partial charge in [-0.1, -0.05) is 34.8 Å². The molecule has 2 rings (SSSR count). The van der Waals surface area contributed by atoms with E-state index in [9.17, 15) is 8.42 Å². The van der Waals surface area contributed by atoms with Crippen LogP contribution < -0.4 is 5.32 Å². The summed E-state index contributed by atoms with van der Waals surface area (Å²) in [6.07, 6.45) is 0.762. The Morgan fingerprint density at radius 3 is 2.32 bits per heavy atom. The molecule has 1 aliphatic heterocycles. The van der Waals surface area contributed by atoms with Gasteiger partial charge in [0.05, 0.1) is 10.0 Å². The highest BCUT2D eigenvalue weighted by Gasteiger charge is 2.33. The lowest BCUT2D eigenvalue weighted by Gasteiger charge is -2.24. The van der Waals surface area contributed by atoms with E-state index in [2.05, 4.69) is 5.32 Å². The van der Waals surface area contributed by atoms with Crippen molar-refractivity contribution in [3.63, 3.8) is 0 Å². The zero-order valence-corrected chi connectivity index (χ0v) is 13.2. The third kappa shape index (κ3) is 3.01. The summed E-state index contributed by atoms with van der Waals surface area (Å²) >= 11 is 17.8. The Kier molecular flexibility index (Phi) is 4.65. The first-order valence-corrected chi connectivity index (χ1v) is 8.24. The summed E-state index contributed by atoms with van der Waals surface area (Å²) in [5, 5.41) is 3.50. The molecule has 1 fully saturated rings. The normalized spacial score (nSPS) is 20.2. The van der Waals surface area contributed by atoms with Crippen molar-refractivity contribution in [1.29, 1.82) is 0 Å². The molecule has 1 saturated heterocycles. The second-order valence-electron chi connectivity index (χ2n) is 4.37. The SMILES string of the molecule is CN(C1CCNC1)S(=O)(=O)c1c(Cl)cc(Cl)cc1Cl. The van der Waals surface area contributed by atoms with Gasteiger partial charge in [0.1, 0.15) is 4.90 Å². The van der Waals surface area contributed by atoms with Crippen LogP contribution in [0.25, 0.3) is 0 Å². The summed E-state index contributed by atoms with van der Waals surface area (Å²) in [7, 11) is -2.19. The number of nitrogens with zero attached hydrogens (tertiary/aromatic N) is 1. The Labute approximate surface area is 127 Å². The van der Waals surface area contributed by atoms with E-state index in [1.165, 1.54) is 23.5 Å². The van der Waals surface area contributed by atoms with Crippen LogP contribution in [0.1, 0.15) is 6.42 Å². The van der Waals surface area contributed by atoms with Gasteiger partial charge in [0.2, 0.25) is 10.0 Å². The molecule has 0 radical (unpaired) electrons. The van der Waals surface area contributed by atoms with Gasteiger partial charge >= 0.3 is 0 Å². The molecular weight excluding hydrogens is 331 g/mol. The lowest BCUT2D eigenvalue weighted by atomic mass is 10.3. The van der Waals surface area contributed by atoms with Crippen molar-refractivity contribution in [3.05, 3.63) is 27.2 Å². The predicted molar refractivity (Wildman–Crippen MR) is 77.7 cm³/mol. The monoisotopic (exact) mass is 342 g/mol. The molecule has 1 N–H and O–H groups in total. The Bertz CT molecular complexity index is 563. The van der Waals surface area contributed by atoms with Crippen molar-refractivity contribution in [2.24, 2.45) is 0 Å². The molecule has 0 aliphatic carbocycles. The summed E-state index contributed by atoms with van der Waals surface area (Å²) < 4.78 is 26.4. The summed E-state index contributed by atoms with van der Waals surface area (Å²) in [6.45, 7) is 1.42. The van der Waals surface area contributed by atoms with Gasteiger partial charge in [0.25, 0.3) is 0 Å². The molecule has 0 saturated carbocycles. The molecular formula is C11H13Cl3N2O2S. The average molecular weight is 344 g/mol. The number of nitrogens with one attached hydrogen (secondary N) is 1. The van der Waals surface area contributed by atoms with E-state index in [0.717, 1.165) is 13.0 Å². The number of hydrogen-bond acceptors (Lipinski definition) is 3. The van der Waals surface area contributed by atoms with E-state index < -0.39 is 10.0 Å². The Hall–Kier alpha value is -0.0400. The van der Waals surface area contributed by atoms with Crippen LogP contribution in [-0.4, -0.2) is 38.9 Å². The van der Waals surface area contributed by atoms with Crippen LogP contribution in [0.5, 0.6) is 0 Å². The maximum Gasteiger partial charge on any atom is 0.246 e. The number of rotatable bonds is 3. The molecule has 0 bridgehead atoms. The second kappa shape index (κ2) is 5.76. The van der Waals surface area contributed by atoms with Gasteiger partial charge in [-0.3, -0.25) is 0 Å². The Balaban J connectivity index is 2.44. The fourth-order valence-electron chi connectivity index (χ4n) is 2.07. The van der Waals surface area contributed by atoms with E-state index in [-0.39, 0.29) is 21.0 Å². The summed E-state index contributed by atoms with van der Waals surface area (Å²) in [6, 6.07) is 2.67. The van der Waals surface area contributed by atoms with Crippen molar-refractivity contribution in [2.75, 3.05) is 20.1 Å². The highest BCUT2D eigenvalue weighted by atomic mass is 35.5.